The summed E-state index contributed by atoms with van der Waals surface area (Å²) in [5.74, 6) is 0.193. The van der Waals surface area contributed by atoms with Gasteiger partial charge in [0.1, 0.15) is 0 Å². The highest BCUT2D eigenvalue weighted by molar-refractivity contribution is 7.92. The Morgan fingerprint density at radius 3 is 2.33 bits per heavy atom. The van der Waals surface area contributed by atoms with Crippen LogP contribution in [-0.4, -0.2) is 26.9 Å². The number of benzene rings is 2. The van der Waals surface area contributed by atoms with Crippen molar-refractivity contribution in [2.45, 2.75) is 23.8 Å². The molecule has 1 saturated carbocycles. The number of rotatable bonds is 7. The summed E-state index contributed by atoms with van der Waals surface area (Å²) >= 11 is 5.99. The molecular formula is C18H21Cl2N3O3S. The van der Waals surface area contributed by atoms with Gasteiger partial charge in [0, 0.05) is 18.2 Å². The molecule has 0 heterocycles. The first-order valence-corrected chi connectivity index (χ1v) is 10.1. The summed E-state index contributed by atoms with van der Waals surface area (Å²) in [6, 6.07) is 12.3. The second kappa shape index (κ2) is 8.93. The van der Waals surface area contributed by atoms with Crippen molar-refractivity contribution in [1.29, 1.82) is 0 Å². The maximum Gasteiger partial charge on any atom is 0.261 e. The third-order valence-corrected chi connectivity index (χ3v) is 6.02. The summed E-state index contributed by atoms with van der Waals surface area (Å²) in [5.41, 5.74) is 6.38. The number of halogens is 2. The van der Waals surface area contributed by atoms with Gasteiger partial charge in [-0.25, -0.2) is 8.42 Å². The molecule has 27 heavy (non-hydrogen) atoms. The van der Waals surface area contributed by atoms with Crippen molar-refractivity contribution >= 4 is 45.6 Å². The second-order valence-corrected chi connectivity index (χ2v) is 8.35. The Morgan fingerprint density at radius 1 is 1.15 bits per heavy atom. The number of carbonyl (C=O) groups excluding carboxylic acids is 1. The van der Waals surface area contributed by atoms with E-state index >= 15 is 0 Å². The van der Waals surface area contributed by atoms with E-state index < -0.39 is 10.0 Å². The van der Waals surface area contributed by atoms with Gasteiger partial charge in [-0.2, -0.15) is 0 Å². The maximum absolute atomic E-state index is 12.5. The van der Waals surface area contributed by atoms with Gasteiger partial charge in [-0.15, -0.1) is 12.4 Å². The normalized spacial score (nSPS) is 14.7. The molecule has 1 aliphatic carbocycles. The molecule has 1 unspecified atom stereocenters. The highest BCUT2D eigenvalue weighted by Gasteiger charge is 2.31. The Labute approximate surface area is 169 Å². The van der Waals surface area contributed by atoms with Gasteiger partial charge in [0.15, 0.2) is 0 Å². The standard InChI is InChI=1S/C18H20ClN3O3S.ClH/c19-15-3-1-2-4-16(15)22-26(24,25)14-9-7-13(8-10-14)18(23)21-17(11-20)12-5-6-12;/h1-4,7-10,12,17,22H,5-6,11,20H2,(H,21,23);1H. The Hall–Kier alpha value is -1.80. The van der Waals surface area contributed by atoms with Crippen molar-refractivity contribution in [1.82, 2.24) is 5.32 Å². The molecule has 1 aliphatic rings. The van der Waals surface area contributed by atoms with E-state index in [2.05, 4.69) is 10.0 Å². The average Bonchev–Trinajstić information content (AvgIpc) is 3.46. The lowest BCUT2D eigenvalue weighted by molar-refractivity contribution is 0.0933. The lowest BCUT2D eigenvalue weighted by Gasteiger charge is -2.16. The molecule has 146 valence electrons. The molecule has 1 fully saturated rings. The zero-order chi connectivity index (χ0) is 18.7. The van der Waals surface area contributed by atoms with Crippen LogP contribution in [0.3, 0.4) is 0 Å². The van der Waals surface area contributed by atoms with E-state index in [9.17, 15) is 13.2 Å². The summed E-state index contributed by atoms with van der Waals surface area (Å²) in [6.07, 6.45) is 2.15. The molecule has 0 radical (unpaired) electrons. The summed E-state index contributed by atoms with van der Waals surface area (Å²) in [5, 5.41) is 3.21. The molecule has 1 atom stereocenters. The number of para-hydroxylation sites is 1. The van der Waals surface area contributed by atoms with E-state index in [4.69, 9.17) is 17.3 Å². The number of hydrogen-bond donors (Lipinski definition) is 3. The summed E-state index contributed by atoms with van der Waals surface area (Å²) in [7, 11) is -3.80. The molecule has 1 amide bonds. The van der Waals surface area contributed by atoms with Crippen molar-refractivity contribution in [3.63, 3.8) is 0 Å². The molecule has 6 nitrogen and oxygen atoms in total. The van der Waals surface area contributed by atoms with Crippen molar-refractivity contribution in [3.8, 4) is 0 Å². The highest BCUT2D eigenvalue weighted by atomic mass is 35.5. The Morgan fingerprint density at radius 2 is 1.78 bits per heavy atom. The van der Waals surface area contributed by atoms with E-state index in [1.54, 1.807) is 24.3 Å². The largest absolute Gasteiger partial charge is 0.348 e. The van der Waals surface area contributed by atoms with E-state index in [-0.39, 0.29) is 29.3 Å². The Balaban J connectivity index is 0.00000261. The van der Waals surface area contributed by atoms with Gasteiger partial charge in [-0.05, 0) is 55.2 Å². The van der Waals surface area contributed by atoms with Crippen LogP contribution >= 0.6 is 24.0 Å². The van der Waals surface area contributed by atoms with Crippen LogP contribution in [0.4, 0.5) is 5.69 Å². The third kappa shape index (κ3) is 5.35. The fourth-order valence-corrected chi connectivity index (χ4v) is 3.97. The molecule has 0 spiro atoms. The van der Waals surface area contributed by atoms with Gasteiger partial charge >= 0.3 is 0 Å². The zero-order valence-corrected chi connectivity index (χ0v) is 16.8. The van der Waals surface area contributed by atoms with Crippen molar-refractivity contribution in [2.75, 3.05) is 11.3 Å². The zero-order valence-electron chi connectivity index (χ0n) is 14.4. The quantitative estimate of drug-likeness (QED) is 0.629. The lowest BCUT2D eigenvalue weighted by atomic mass is 10.1. The number of sulfonamides is 1. The lowest BCUT2D eigenvalue weighted by Crippen LogP contribution is -2.41. The van der Waals surface area contributed by atoms with Crippen LogP contribution in [0.2, 0.25) is 5.02 Å². The number of amides is 1. The van der Waals surface area contributed by atoms with E-state index in [1.165, 1.54) is 24.3 Å². The highest BCUT2D eigenvalue weighted by Crippen LogP contribution is 2.32. The molecular weight excluding hydrogens is 409 g/mol. The number of anilines is 1. The molecule has 0 bridgehead atoms. The molecule has 0 aliphatic heterocycles. The predicted molar refractivity (Wildman–Crippen MR) is 109 cm³/mol. The van der Waals surface area contributed by atoms with Gasteiger partial charge < -0.3 is 11.1 Å². The minimum atomic E-state index is -3.80. The van der Waals surface area contributed by atoms with Crippen LogP contribution in [0.15, 0.2) is 53.4 Å². The molecule has 4 N–H and O–H groups in total. The molecule has 0 saturated heterocycles. The molecule has 2 aromatic rings. The van der Waals surface area contributed by atoms with Gasteiger partial charge in [0.25, 0.3) is 15.9 Å². The number of nitrogens with two attached hydrogens (primary N) is 1. The SMILES string of the molecule is Cl.NCC(NC(=O)c1ccc(S(=O)(=O)Nc2ccccc2Cl)cc1)C1CC1. The van der Waals surface area contributed by atoms with Gasteiger partial charge in [-0.1, -0.05) is 23.7 Å². The Kier molecular flexibility index (Phi) is 7.11. The van der Waals surface area contributed by atoms with Crippen LogP contribution in [0, 0.1) is 5.92 Å². The predicted octanol–water partition coefficient (Wildman–Crippen LogP) is 3.03. The van der Waals surface area contributed by atoms with Crippen LogP contribution in [-0.2, 0) is 10.0 Å². The topological polar surface area (TPSA) is 101 Å². The van der Waals surface area contributed by atoms with Gasteiger partial charge in [-0.3, -0.25) is 9.52 Å². The van der Waals surface area contributed by atoms with Crippen LogP contribution in [0.1, 0.15) is 23.2 Å². The van der Waals surface area contributed by atoms with Crippen LogP contribution in [0.5, 0.6) is 0 Å². The molecule has 3 rings (SSSR count). The summed E-state index contributed by atoms with van der Waals surface area (Å²) in [6.45, 7) is 0.393. The Bertz CT molecular complexity index is 900. The van der Waals surface area contributed by atoms with Crippen molar-refractivity contribution in [2.24, 2.45) is 11.7 Å². The van der Waals surface area contributed by atoms with Crippen molar-refractivity contribution < 1.29 is 13.2 Å². The molecule has 2 aromatic carbocycles. The van der Waals surface area contributed by atoms with Crippen LogP contribution < -0.4 is 15.8 Å². The summed E-state index contributed by atoms with van der Waals surface area (Å²) < 4.78 is 27.4. The molecule has 9 heteroatoms. The number of hydrogen-bond acceptors (Lipinski definition) is 4. The van der Waals surface area contributed by atoms with E-state index in [1.807, 2.05) is 0 Å². The maximum atomic E-state index is 12.5. The summed E-state index contributed by atoms with van der Waals surface area (Å²) in [4.78, 5) is 12.3. The monoisotopic (exact) mass is 429 g/mol. The smallest absolute Gasteiger partial charge is 0.261 e. The average molecular weight is 430 g/mol. The van der Waals surface area contributed by atoms with E-state index in [0.29, 0.717) is 28.7 Å². The third-order valence-electron chi connectivity index (χ3n) is 4.31. The van der Waals surface area contributed by atoms with Crippen molar-refractivity contribution in [3.05, 3.63) is 59.1 Å². The van der Waals surface area contributed by atoms with E-state index in [0.717, 1.165) is 12.8 Å². The van der Waals surface area contributed by atoms with Gasteiger partial charge in [0.2, 0.25) is 0 Å². The number of nitrogens with one attached hydrogen (secondary N) is 2. The first-order valence-electron chi connectivity index (χ1n) is 8.29. The fourth-order valence-electron chi connectivity index (χ4n) is 2.65. The second-order valence-electron chi connectivity index (χ2n) is 6.26. The minimum Gasteiger partial charge on any atom is -0.348 e. The van der Waals surface area contributed by atoms with Crippen LogP contribution in [0.25, 0.3) is 0 Å². The fraction of sp³-hybridized carbons (Fsp3) is 0.278. The first-order chi connectivity index (χ1) is 12.4. The first kappa shape index (κ1) is 21.5. The minimum absolute atomic E-state index is 0. The number of carbonyl (C=O) groups is 1. The van der Waals surface area contributed by atoms with Gasteiger partial charge in [0.05, 0.1) is 15.6 Å². The molecule has 0 aromatic heterocycles.